The maximum Gasteiger partial charge on any atom is 0.264 e. The second-order valence-electron chi connectivity index (χ2n) is 6.23. The molecule has 1 heterocycles. The predicted molar refractivity (Wildman–Crippen MR) is 116 cm³/mol. The van der Waals surface area contributed by atoms with Gasteiger partial charge in [-0.1, -0.05) is 24.3 Å². The monoisotopic (exact) mass is 440 g/mol. The van der Waals surface area contributed by atoms with Crippen molar-refractivity contribution in [2.75, 3.05) is 17.1 Å². The molecule has 152 valence electrons. The summed E-state index contributed by atoms with van der Waals surface area (Å²) < 4.78 is 41.8. The number of nitrogens with one attached hydrogen (secondary N) is 2. The molecule has 2 N–H and O–H groups in total. The van der Waals surface area contributed by atoms with E-state index in [1.54, 1.807) is 54.6 Å². The Hall–Kier alpha value is -3.50. The van der Waals surface area contributed by atoms with Gasteiger partial charge in [0.2, 0.25) is 0 Å². The molecule has 10 heteroatoms. The number of fused-ring (bicyclic) bond motifs is 1. The number of rotatable bonds is 6. The van der Waals surface area contributed by atoms with Crippen LogP contribution in [0.5, 0.6) is 5.75 Å². The minimum Gasteiger partial charge on any atom is -0.497 e. The van der Waals surface area contributed by atoms with Crippen LogP contribution in [-0.2, 0) is 10.0 Å². The summed E-state index contributed by atoms with van der Waals surface area (Å²) in [6, 6.07) is 18.0. The molecule has 4 rings (SSSR count). The lowest BCUT2D eigenvalue weighted by Gasteiger charge is -2.13. The Morgan fingerprint density at radius 1 is 1.00 bits per heavy atom. The molecule has 4 aromatic rings. The summed E-state index contributed by atoms with van der Waals surface area (Å²) in [7, 11) is -2.46. The number of benzene rings is 3. The van der Waals surface area contributed by atoms with Gasteiger partial charge in [0, 0.05) is 11.8 Å². The molecule has 0 saturated carbocycles. The molecule has 0 saturated heterocycles. The largest absolute Gasteiger partial charge is 0.497 e. The Morgan fingerprint density at radius 3 is 2.63 bits per heavy atom. The van der Waals surface area contributed by atoms with Crippen molar-refractivity contribution in [1.29, 1.82) is 0 Å². The van der Waals surface area contributed by atoms with Crippen molar-refractivity contribution in [3.05, 3.63) is 72.3 Å². The number of hydrogen-bond acceptors (Lipinski definition) is 7. The molecule has 1 aromatic heterocycles. The summed E-state index contributed by atoms with van der Waals surface area (Å²) in [6.07, 6.45) is 0. The molecular weight excluding hydrogens is 424 g/mol. The van der Waals surface area contributed by atoms with Crippen LogP contribution in [0.2, 0.25) is 0 Å². The molecule has 0 aliphatic heterocycles. The van der Waals surface area contributed by atoms with E-state index in [2.05, 4.69) is 18.8 Å². The molecule has 30 heavy (non-hydrogen) atoms. The molecule has 0 aliphatic rings. The van der Waals surface area contributed by atoms with Gasteiger partial charge in [-0.25, -0.2) is 8.42 Å². The predicted octanol–water partition coefficient (Wildman–Crippen LogP) is 3.75. The van der Waals surface area contributed by atoms with Gasteiger partial charge in [-0.05, 0) is 36.4 Å². The van der Waals surface area contributed by atoms with Crippen molar-refractivity contribution >= 4 is 50.1 Å². The molecule has 1 amide bonds. The van der Waals surface area contributed by atoms with E-state index in [4.69, 9.17) is 4.74 Å². The Bertz CT molecular complexity index is 1340. The van der Waals surface area contributed by atoms with E-state index < -0.39 is 15.9 Å². The maximum atomic E-state index is 13.0. The normalized spacial score (nSPS) is 11.2. The van der Waals surface area contributed by atoms with Crippen molar-refractivity contribution in [2.24, 2.45) is 0 Å². The van der Waals surface area contributed by atoms with Gasteiger partial charge >= 0.3 is 0 Å². The summed E-state index contributed by atoms with van der Waals surface area (Å²) in [5.74, 6) is 0.127. The van der Waals surface area contributed by atoms with Crippen LogP contribution in [0.15, 0.2) is 71.6 Å². The van der Waals surface area contributed by atoms with Crippen LogP contribution in [-0.4, -0.2) is 30.2 Å². The fraction of sp³-hybridized carbons (Fsp3) is 0.0500. The molecule has 0 fully saturated rings. The Morgan fingerprint density at radius 2 is 1.80 bits per heavy atom. The lowest BCUT2D eigenvalue weighted by Crippen LogP contribution is -2.19. The quantitative estimate of drug-likeness (QED) is 0.472. The van der Waals surface area contributed by atoms with Crippen molar-refractivity contribution < 1.29 is 17.9 Å². The number of amides is 1. The van der Waals surface area contributed by atoms with E-state index in [1.165, 1.54) is 19.2 Å². The first-order chi connectivity index (χ1) is 14.5. The summed E-state index contributed by atoms with van der Waals surface area (Å²) in [5.41, 5.74) is 1.63. The summed E-state index contributed by atoms with van der Waals surface area (Å²) in [4.78, 5) is 12.8. The minimum absolute atomic E-state index is 0.00300. The third-order valence-corrected chi connectivity index (χ3v) is 6.22. The first kappa shape index (κ1) is 19.8. The lowest BCUT2D eigenvalue weighted by molar-refractivity contribution is 0.102. The molecule has 0 bridgehead atoms. The van der Waals surface area contributed by atoms with Gasteiger partial charge in [-0.3, -0.25) is 9.52 Å². The second-order valence-corrected chi connectivity index (χ2v) is 8.40. The van der Waals surface area contributed by atoms with E-state index >= 15 is 0 Å². The average molecular weight is 441 g/mol. The van der Waals surface area contributed by atoms with E-state index in [0.717, 1.165) is 11.7 Å². The van der Waals surface area contributed by atoms with Crippen LogP contribution in [0.3, 0.4) is 0 Å². The highest BCUT2D eigenvalue weighted by Gasteiger charge is 2.22. The van der Waals surface area contributed by atoms with Crippen LogP contribution in [0.25, 0.3) is 11.0 Å². The number of hydrogen-bond donors (Lipinski definition) is 2. The van der Waals surface area contributed by atoms with Crippen LogP contribution < -0.4 is 14.8 Å². The lowest BCUT2D eigenvalue weighted by atomic mass is 10.1. The van der Waals surface area contributed by atoms with Gasteiger partial charge in [0.15, 0.2) is 0 Å². The van der Waals surface area contributed by atoms with Crippen molar-refractivity contribution in [3.63, 3.8) is 0 Å². The zero-order valence-corrected chi connectivity index (χ0v) is 17.3. The highest BCUT2D eigenvalue weighted by molar-refractivity contribution is 7.93. The van der Waals surface area contributed by atoms with Crippen LogP contribution in [0.1, 0.15) is 10.4 Å². The zero-order valence-electron chi connectivity index (χ0n) is 15.7. The number of ether oxygens (including phenoxy) is 1. The molecule has 3 aromatic carbocycles. The number of aromatic nitrogens is 2. The smallest absolute Gasteiger partial charge is 0.264 e. The van der Waals surface area contributed by atoms with Crippen molar-refractivity contribution in [2.45, 2.75) is 4.90 Å². The summed E-state index contributed by atoms with van der Waals surface area (Å²) >= 11 is 0.935. The first-order valence-corrected chi connectivity index (χ1v) is 11.0. The van der Waals surface area contributed by atoms with E-state index in [9.17, 15) is 13.2 Å². The van der Waals surface area contributed by atoms with Crippen LogP contribution in [0.4, 0.5) is 11.4 Å². The molecule has 8 nitrogen and oxygen atoms in total. The Kier molecular flexibility index (Phi) is 5.34. The van der Waals surface area contributed by atoms with Gasteiger partial charge in [-0.2, -0.15) is 8.75 Å². The zero-order chi connectivity index (χ0) is 21.1. The van der Waals surface area contributed by atoms with Gasteiger partial charge in [0.1, 0.15) is 21.7 Å². The molecule has 0 unspecified atom stereocenters. The number of sulfonamides is 1. The standard InChI is InChI=1S/C20H16N4O4S2/c1-28-14-7-4-6-13(12-14)21-20(25)15-8-2-3-9-16(15)24-30(26,27)18-11-5-10-17-19(18)23-29-22-17/h2-12,24H,1H3,(H,21,25). The third-order valence-electron chi connectivity index (χ3n) is 4.28. The molecule has 0 radical (unpaired) electrons. The number of nitrogens with zero attached hydrogens (tertiary/aromatic N) is 2. The number of carbonyl (C=O) groups is 1. The molecule has 0 aliphatic carbocycles. The highest BCUT2D eigenvalue weighted by atomic mass is 32.2. The Labute approximate surface area is 176 Å². The second kappa shape index (κ2) is 8.09. The van der Waals surface area contributed by atoms with Gasteiger partial charge in [0.25, 0.3) is 15.9 Å². The average Bonchev–Trinajstić information content (AvgIpc) is 3.22. The van der Waals surface area contributed by atoms with Crippen LogP contribution >= 0.6 is 11.7 Å². The van der Waals surface area contributed by atoms with Gasteiger partial charge in [-0.15, -0.1) is 0 Å². The van der Waals surface area contributed by atoms with Crippen molar-refractivity contribution in [1.82, 2.24) is 8.75 Å². The fourth-order valence-electron chi connectivity index (χ4n) is 2.87. The van der Waals surface area contributed by atoms with E-state index in [0.29, 0.717) is 17.0 Å². The third kappa shape index (κ3) is 3.95. The first-order valence-electron chi connectivity index (χ1n) is 8.76. The van der Waals surface area contributed by atoms with Gasteiger partial charge in [0.05, 0.1) is 30.1 Å². The number of carbonyl (C=O) groups excluding carboxylic acids is 1. The maximum absolute atomic E-state index is 13.0. The number of anilines is 2. The molecule has 0 atom stereocenters. The summed E-state index contributed by atoms with van der Waals surface area (Å²) in [6.45, 7) is 0. The van der Waals surface area contributed by atoms with E-state index in [1.807, 2.05) is 0 Å². The van der Waals surface area contributed by atoms with Crippen LogP contribution in [0, 0.1) is 0 Å². The summed E-state index contributed by atoms with van der Waals surface area (Å²) in [5, 5.41) is 2.75. The topological polar surface area (TPSA) is 110 Å². The number of para-hydroxylation sites is 1. The minimum atomic E-state index is -4.00. The highest BCUT2D eigenvalue weighted by Crippen LogP contribution is 2.26. The number of methoxy groups -OCH3 is 1. The molecular formula is C20H16N4O4S2. The Balaban J connectivity index is 1.64. The van der Waals surface area contributed by atoms with E-state index in [-0.39, 0.29) is 21.7 Å². The molecule has 0 spiro atoms. The van der Waals surface area contributed by atoms with Gasteiger partial charge < -0.3 is 10.1 Å². The SMILES string of the molecule is COc1cccc(NC(=O)c2ccccc2NS(=O)(=O)c2cccc3nsnc23)c1. The van der Waals surface area contributed by atoms with Crippen molar-refractivity contribution in [3.8, 4) is 5.75 Å². The fourth-order valence-corrected chi connectivity index (χ4v) is 4.71.